The predicted molar refractivity (Wildman–Crippen MR) is 107 cm³/mol. The van der Waals surface area contributed by atoms with E-state index in [9.17, 15) is 9.18 Å². The van der Waals surface area contributed by atoms with Gasteiger partial charge in [0, 0.05) is 11.6 Å². The van der Waals surface area contributed by atoms with Crippen LogP contribution >= 0.6 is 23.4 Å². The molecule has 0 unspecified atom stereocenters. The van der Waals surface area contributed by atoms with Gasteiger partial charge in [0.2, 0.25) is 0 Å². The van der Waals surface area contributed by atoms with Gasteiger partial charge in [-0.3, -0.25) is 14.6 Å². The normalized spacial score (nSPS) is 24.4. The van der Waals surface area contributed by atoms with Gasteiger partial charge < -0.3 is 4.74 Å². The van der Waals surface area contributed by atoms with Crippen molar-refractivity contribution in [2.45, 2.75) is 50.5 Å². The Balaban J connectivity index is 1.82. The summed E-state index contributed by atoms with van der Waals surface area (Å²) in [6.07, 6.45) is 1.60. The van der Waals surface area contributed by atoms with Gasteiger partial charge in [-0.15, -0.1) is 0 Å². The molecule has 1 saturated heterocycles. The van der Waals surface area contributed by atoms with Crippen molar-refractivity contribution in [1.82, 2.24) is 9.78 Å². The average molecular weight is 410 g/mol. The molecule has 1 N–H and O–H groups in total. The predicted octanol–water partition coefficient (Wildman–Crippen LogP) is 4.99. The van der Waals surface area contributed by atoms with E-state index >= 15 is 0 Å². The Hall–Kier alpha value is -1.57. The molecule has 1 aromatic heterocycles. The number of H-pyrrole nitrogens is 1. The van der Waals surface area contributed by atoms with Gasteiger partial charge in [0.05, 0.1) is 27.5 Å². The van der Waals surface area contributed by atoms with Crippen molar-refractivity contribution < 1.29 is 9.13 Å². The van der Waals surface area contributed by atoms with Crippen molar-refractivity contribution in [2.75, 3.05) is 6.61 Å². The highest BCUT2D eigenvalue weighted by atomic mass is 35.5. The summed E-state index contributed by atoms with van der Waals surface area (Å²) in [5.41, 5.74) is 0.861. The van der Waals surface area contributed by atoms with E-state index in [4.69, 9.17) is 16.3 Å². The fraction of sp³-hybridized carbons (Fsp3) is 0.474. The van der Waals surface area contributed by atoms with Gasteiger partial charge in [0.15, 0.2) is 5.82 Å². The highest BCUT2D eigenvalue weighted by Crippen LogP contribution is 2.47. The number of hydrogen-bond acceptors (Lipinski definition) is 4. The van der Waals surface area contributed by atoms with E-state index in [1.807, 2.05) is 11.6 Å². The zero-order valence-electron chi connectivity index (χ0n) is 15.4. The molecule has 2 aromatic rings. The van der Waals surface area contributed by atoms with E-state index in [2.05, 4.69) is 23.9 Å². The third kappa shape index (κ3) is 3.48. The molecule has 8 heteroatoms. The van der Waals surface area contributed by atoms with Gasteiger partial charge in [-0.25, -0.2) is 9.38 Å². The number of thioether (sulfide) groups is 1. The first-order valence-electron chi connectivity index (χ1n) is 8.90. The maximum Gasteiger partial charge on any atom is 0.271 e. The van der Waals surface area contributed by atoms with Crippen LogP contribution in [0.3, 0.4) is 0 Å². The van der Waals surface area contributed by atoms with Crippen LogP contribution in [-0.4, -0.2) is 27.0 Å². The number of halogens is 2. The number of benzene rings is 1. The van der Waals surface area contributed by atoms with Crippen LogP contribution in [-0.2, 0) is 4.74 Å². The molecule has 0 bridgehead atoms. The van der Waals surface area contributed by atoms with Gasteiger partial charge in [-0.1, -0.05) is 29.4 Å². The number of fused-ring (bicyclic) bond motifs is 1. The molecule has 0 amide bonds. The van der Waals surface area contributed by atoms with E-state index < -0.39 is 5.82 Å². The largest absolute Gasteiger partial charge is 0.375 e. The van der Waals surface area contributed by atoms with Crippen molar-refractivity contribution in [1.29, 1.82) is 0 Å². The molecular formula is C19H21ClFN3O2S. The number of aromatic nitrogens is 2. The minimum absolute atomic E-state index is 0.106. The molecule has 27 heavy (non-hydrogen) atoms. The second-order valence-electron chi connectivity index (χ2n) is 7.60. The van der Waals surface area contributed by atoms with Gasteiger partial charge in [0.1, 0.15) is 5.82 Å². The zero-order chi connectivity index (χ0) is 19.3. The average Bonchev–Trinajstić information content (AvgIpc) is 2.90. The lowest BCUT2D eigenvalue weighted by atomic mass is 9.94. The van der Waals surface area contributed by atoms with Crippen LogP contribution in [0.25, 0.3) is 0 Å². The summed E-state index contributed by atoms with van der Waals surface area (Å²) in [5.74, 6) is 0.246. The van der Waals surface area contributed by atoms with Crippen LogP contribution in [0.5, 0.6) is 0 Å². The molecule has 0 saturated carbocycles. The Bertz CT molecular complexity index is 982. The number of aromatic amines is 1. The molecule has 144 valence electrons. The summed E-state index contributed by atoms with van der Waals surface area (Å²) in [7, 11) is 0. The maximum atomic E-state index is 13.5. The number of nitrogens with one attached hydrogen (secondary N) is 1. The number of ether oxygens (including phenoxy) is 1. The van der Waals surface area contributed by atoms with Crippen LogP contribution < -0.4 is 5.56 Å². The maximum absolute atomic E-state index is 13.5. The monoisotopic (exact) mass is 409 g/mol. The topological polar surface area (TPSA) is 59.4 Å². The van der Waals surface area contributed by atoms with Crippen LogP contribution in [0.2, 0.25) is 5.02 Å². The third-order valence-corrected chi connectivity index (χ3v) is 6.52. The highest BCUT2D eigenvalue weighted by molar-refractivity contribution is 8.14. The molecule has 0 aliphatic carbocycles. The lowest BCUT2D eigenvalue weighted by molar-refractivity contribution is -0.0705. The molecule has 0 spiro atoms. The Morgan fingerprint density at radius 3 is 2.93 bits per heavy atom. The standard InChI is InChI=1S/C19H21ClFN3O2S/c1-10-22-17-15(16(27-10)13-5-4-11(21)8-14(13)20)18(25)23-24(17)12-6-7-26-19(2,3)9-12/h4-5,8,12,16H,6-7,9H2,1-3H3,(H,23,25)/t12-,16-/m1/s1. The third-order valence-electron chi connectivity index (χ3n) is 5.03. The quantitative estimate of drug-likeness (QED) is 0.760. The summed E-state index contributed by atoms with van der Waals surface area (Å²) in [6.45, 7) is 6.66. The van der Waals surface area contributed by atoms with E-state index in [1.165, 1.54) is 23.9 Å². The van der Waals surface area contributed by atoms with Crippen LogP contribution in [0.15, 0.2) is 28.0 Å². The number of aliphatic imine (C=N–C) groups is 1. The Labute approximate surface area is 165 Å². The van der Waals surface area contributed by atoms with Crippen molar-refractivity contribution in [2.24, 2.45) is 4.99 Å². The van der Waals surface area contributed by atoms with Crippen LogP contribution in [0.4, 0.5) is 10.2 Å². The molecule has 2 atom stereocenters. The number of hydrogen-bond donors (Lipinski definition) is 1. The number of rotatable bonds is 2. The van der Waals surface area contributed by atoms with E-state index in [1.54, 1.807) is 6.07 Å². The molecule has 2 aliphatic rings. The Kier molecular flexibility index (Phi) is 4.72. The van der Waals surface area contributed by atoms with Crippen molar-refractivity contribution in [3.63, 3.8) is 0 Å². The zero-order valence-corrected chi connectivity index (χ0v) is 17.0. The molecule has 3 heterocycles. The molecule has 1 fully saturated rings. The van der Waals surface area contributed by atoms with E-state index in [-0.39, 0.29) is 22.5 Å². The minimum Gasteiger partial charge on any atom is -0.375 e. The lowest BCUT2D eigenvalue weighted by Gasteiger charge is -2.36. The Morgan fingerprint density at radius 2 is 2.22 bits per heavy atom. The highest BCUT2D eigenvalue weighted by Gasteiger charge is 2.36. The van der Waals surface area contributed by atoms with E-state index in [0.29, 0.717) is 28.6 Å². The fourth-order valence-corrected chi connectivity index (χ4v) is 5.31. The summed E-state index contributed by atoms with van der Waals surface area (Å²) in [6, 6.07) is 4.40. The minimum atomic E-state index is -0.397. The van der Waals surface area contributed by atoms with Gasteiger partial charge in [0.25, 0.3) is 5.56 Å². The molecule has 1 aromatic carbocycles. The summed E-state index contributed by atoms with van der Waals surface area (Å²) >= 11 is 7.75. The van der Waals surface area contributed by atoms with Gasteiger partial charge in [-0.2, -0.15) is 0 Å². The summed E-state index contributed by atoms with van der Waals surface area (Å²) < 4.78 is 21.2. The molecule has 0 radical (unpaired) electrons. The smallest absolute Gasteiger partial charge is 0.271 e. The molecule has 4 rings (SSSR count). The second-order valence-corrected chi connectivity index (χ2v) is 9.30. The Morgan fingerprint density at radius 1 is 1.44 bits per heavy atom. The van der Waals surface area contributed by atoms with Crippen molar-refractivity contribution in [3.05, 3.63) is 50.5 Å². The first-order chi connectivity index (χ1) is 12.7. The summed E-state index contributed by atoms with van der Waals surface area (Å²) in [5, 5.41) is 3.82. The first kappa shape index (κ1) is 18.8. The van der Waals surface area contributed by atoms with Crippen molar-refractivity contribution in [3.8, 4) is 0 Å². The molecular weight excluding hydrogens is 389 g/mol. The molecule has 2 aliphatic heterocycles. The van der Waals surface area contributed by atoms with Crippen LogP contribution in [0.1, 0.15) is 56.0 Å². The van der Waals surface area contributed by atoms with Crippen molar-refractivity contribution >= 4 is 34.2 Å². The van der Waals surface area contributed by atoms with Crippen LogP contribution in [0, 0.1) is 5.82 Å². The number of nitrogens with zero attached hydrogens (tertiary/aromatic N) is 2. The second kappa shape index (κ2) is 6.79. The van der Waals surface area contributed by atoms with E-state index in [0.717, 1.165) is 17.9 Å². The van der Waals surface area contributed by atoms with Gasteiger partial charge in [-0.05, 0) is 51.3 Å². The fourth-order valence-electron chi connectivity index (χ4n) is 3.83. The van der Waals surface area contributed by atoms with Gasteiger partial charge >= 0.3 is 0 Å². The lowest BCUT2D eigenvalue weighted by Crippen LogP contribution is -2.35. The SMILES string of the molecule is CC1=Nc2c(c(=O)[nH]n2[C@@H]2CCOC(C)(C)C2)[C@@H](c2ccc(F)cc2Cl)S1. The molecule has 5 nitrogen and oxygen atoms in total. The summed E-state index contributed by atoms with van der Waals surface area (Å²) in [4.78, 5) is 17.5. The first-order valence-corrected chi connectivity index (χ1v) is 10.2.